The lowest BCUT2D eigenvalue weighted by Crippen LogP contribution is -2.45. The van der Waals surface area contributed by atoms with Crippen LogP contribution in [0.5, 0.6) is 5.75 Å². The predicted octanol–water partition coefficient (Wildman–Crippen LogP) is 2.57. The Morgan fingerprint density at radius 2 is 1.67 bits per heavy atom. The third-order valence-corrected chi connectivity index (χ3v) is 6.63. The molecule has 3 rings (SSSR count). The zero-order chi connectivity index (χ0) is 19.8. The van der Waals surface area contributed by atoms with Gasteiger partial charge in [-0.25, -0.2) is 0 Å². The minimum absolute atomic E-state index is 0.367. The van der Waals surface area contributed by atoms with Crippen LogP contribution < -0.4 is 10.2 Å². The highest BCUT2D eigenvalue weighted by molar-refractivity contribution is 6.63. The molecule has 2 saturated heterocycles. The molecule has 1 aromatic rings. The van der Waals surface area contributed by atoms with Crippen LogP contribution in [0.15, 0.2) is 12.1 Å². The van der Waals surface area contributed by atoms with Gasteiger partial charge in [0.15, 0.2) is 0 Å². The molecule has 2 fully saturated rings. The lowest BCUT2D eigenvalue weighted by Gasteiger charge is -2.32. The second-order valence-corrected chi connectivity index (χ2v) is 9.05. The third kappa shape index (κ3) is 4.46. The number of rotatable bonds is 5. The molecule has 0 aliphatic carbocycles. The normalized spacial score (nSPS) is 23.0. The number of hydrogen-bond acceptors (Lipinski definition) is 5. The number of nitrogens with zero attached hydrogens (tertiary/aromatic N) is 2. The van der Waals surface area contributed by atoms with Gasteiger partial charge < -0.3 is 18.9 Å². The van der Waals surface area contributed by atoms with Crippen molar-refractivity contribution in [3.63, 3.8) is 0 Å². The van der Waals surface area contributed by atoms with Crippen LogP contribution in [0.25, 0.3) is 0 Å². The van der Waals surface area contributed by atoms with E-state index in [4.69, 9.17) is 25.6 Å². The summed E-state index contributed by atoms with van der Waals surface area (Å²) in [5.74, 6) is 0.726. The summed E-state index contributed by atoms with van der Waals surface area (Å²) in [7, 11) is 1.75. The number of halogens is 1. The number of hydrogen-bond donors (Lipinski definition) is 0. The van der Waals surface area contributed by atoms with Crippen molar-refractivity contribution in [2.45, 2.75) is 45.8 Å². The van der Waals surface area contributed by atoms with Crippen LogP contribution >= 0.6 is 11.6 Å². The summed E-state index contributed by atoms with van der Waals surface area (Å²) in [4.78, 5) is 4.78. The summed E-state index contributed by atoms with van der Waals surface area (Å²) in [6, 6.07) is 3.94. The topological polar surface area (TPSA) is 34.2 Å². The van der Waals surface area contributed by atoms with Gasteiger partial charge in [-0.1, -0.05) is 17.7 Å². The van der Waals surface area contributed by atoms with Gasteiger partial charge in [0, 0.05) is 32.7 Å². The van der Waals surface area contributed by atoms with Crippen molar-refractivity contribution in [2.24, 2.45) is 0 Å². The van der Waals surface area contributed by atoms with E-state index in [1.807, 2.05) is 19.1 Å². The molecule has 27 heavy (non-hydrogen) atoms. The first-order valence-electron chi connectivity index (χ1n) is 9.79. The minimum Gasteiger partial charge on any atom is -0.491 e. The summed E-state index contributed by atoms with van der Waals surface area (Å²) in [6.07, 6.45) is 0. The van der Waals surface area contributed by atoms with E-state index in [1.165, 1.54) is 0 Å². The van der Waals surface area contributed by atoms with Gasteiger partial charge in [0.05, 0.1) is 16.2 Å². The number of likely N-dealkylation sites (N-methyl/N-ethyl adjacent to an activating group) is 1. The van der Waals surface area contributed by atoms with Crippen molar-refractivity contribution in [3.8, 4) is 5.75 Å². The summed E-state index contributed by atoms with van der Waals surface area (Å²) in [6.45, 7) is 16.2. The van der Waals surface area contributed by atoms with Crippen molar-refractivity contribution in [3.05, 3.63) is 22.7 Å². The molecule has 2 aliphatic heterocycles. The van der Waals surface area contributed by atoms with Crippen molar-refractivity contribution < 1.29 is 14.0 Å². The molecule has 0 N–H and O–H groups in total. The summed E-state index contributed by atoms with van der Waals surface area (Å²) >= 11 is 6.60. The molecule has 1 aromatic carbocycles. The average molecular weight is 395 g/mol. The second-order valence-electron chi connectivity index (χ2n) is 8.67. The first kappa shape index (κ1) is 20.9. The molecule has 0 aromatic heterocycles. The van der Waals surface area contributed by atoms with Crippen LogP contribution in [0, 0.1) is 6.92 Å². The fraction of sp³-hybridized carbons (Fsp3) is 0.700. The highest BCUT2D eigenvalue weighted by Gasteiger charge is 2.52. The molecule has 0 amide bonds. The van der Waals surface area contributed by atoms with Gasteiger partial charge in [-0.3, -0.25) is 4.90 Å². The van der Waals surface area contributed by atoms with Crippen molar-refractivity contribution in [1.82, 2.24) is 9.80 Å². The van der Waals surface area contributed by atoms with Crippen LogP contribution in [0.2, 0.25) is 5.02 Å². The van der Waals surface area contributed by atoms with Crippen LogP contribution in [-0.2, 0) is 9.31 Å². The molecule has 5 nitrogen and oxygen atoms in total. The van der Waals surface area contributed by atoms with Crippen molar-refractivity contribution >= 4 is 24.2 Å². The van der Waals surface area contributed by atoms with E-state index in [0.29, 0.717) is 11.6 Å². The van der Waals surface area contributed by atoms with E-state index in [2.05, 4.69) is 44.5 Å². The van der Waals surface area contributed by atoms with E-state index in [1.54, 1.807) is 0 Å². The number of benzene rings is 1. The van der Waals surface area contributed by atoms with Crippen LogP contribution in [0.4, 0.5) is 0 Å². The summed E-state index contributed by atoms with van der Waals surface area (Å²) < 4.78 is 18.3. The van der Waals surface area contributed by atoms with Crippen LogP contribution in [0.1, 0.15) is 33.3 Å². The van der Waals surface area contributed by atoms with E-state index >= 15 is 0 Å². The van der Waals surface area contributed by atoms with Gasteiger partial charge in [0.2, 0.25) is 0 Å². The quantitative estimate of drug-likeness (QED) is 0.717. The smallest absolute Gasteiger partial charge is 0.491 e. The Balaban J connectivity index is 1.62. The maximum atomic E-state index is 6.60. The van der Waals surface area contributed by atoms with E-state index in [9.17, 15) is 0 Å². The van der Waals surface area contributed by atoms with Gasteiger partial charge in [0.1, 0.15) is 12.4 Å². The van der Waals surface area contributed by atoms with Crippen molar-refractivity contribution in [2.75, 3.05) is 46.4 Å². The Morgan fingerprint density at radius 3 is 2.26 bits per heavy atom. The van der Waals surface area contributed by atoms with E-state index in [0.717, 1.165) is 49.5 Å². The maximum absolute atomic E-state index is 6.60. The molecular weight excluding hydrogens is 362 g/mol. The Bertz CT molecular complexity index is 659. The predicted molar refractivity (Wildman–Crippen MR) is 111 cm³/mol. The first-order chi connectivity index (χ1) is 12.6. The fourth-order valence-corrected chi connectivity index (χ4v) is 3.59. The van der Waals surface area contributed by atoms with Gasteiger partial charge in [-0.2, -0.15) is 0 Å². The monoisotopic (exact) mass is 394 g/mol. The molecule has 0 atom stereocenters. The zero-order valence-corrected chi connectivity index (χ0v) is 18.2. The summed E-state index contributed by atoms with van der Waals surface area (Å²) in [5, 5.41) is 0.639. The molecule has 0 bridgehead atoms. The first-order valence-corrected chi connectivity index (χ1v) is 10.2. The highest BCUT2D eigenvalue weighted by Crippen LogP contribution is 2.37. The van der Waals surface area contributed by atoms with Gasteiger partial charge in [0.25, 0.3) is 0 Å². The molecule has 2 aliphatic rings. The number of ether oxygens (including phenoxy) is 1. The summed E-state index contributed by atoms with van der Waals surface area (Å²) in [5.41, 5.74) is 1.18. The molecule has 7 heteroatoms. The highest BCUT2D eigenvalue weighted by atomic mass is 35.5. The van der Waals surface area contributed by atoms with E-state index < -0.39 is 7.12 Å². The minimum atomic E-state index is -0.410. The van der Waals surface area contributed by atoms with Gasteiger partial charge in [-0.05, 0) is 58.8 Å². The molecule has 150 valence electrons. The average Bonchev–Trinajstić information content (AvgIpc) is 2.81. The second kappa shape index (κ2) is 7.92. The molecule has 0 unspecified atom stereocenters. The lowest BCUT2D eigenvalue weighted by atomic mass is 9.76. The van der Waals surface area contributed by atoms with Crippen molar-refractivity contribution in [1.29, 1.82) is 0 Å². The molecule has 2 heterocycles. The Hall–Kier alpha value is -0.785. The SMILES string of the molecule is Cc1c(B2OC(C)(C)C(C)(C)O2)ccc(OCCN2CCN(C)CC2)c1Cl. The largest absolute Gasteiger partial charge is 0.495 e. The van der Waals surface area contributed by atoms with E-state index in [-0.39, 0.29) is 11.2 Å². The molecule has 0 radical (unpaired) electrons. The Labute approximate surface area is 169 Å². The lowest BCUT2D eigenvalue weighted by molar-refractivity contribution is 0.00578. The Morgan fingerprint density at radius 1 is 1.07 bits per heavy atom. The van der Waals surface area contributed by atoms with Crippen LogP contribution in [0.3, 0.4) is 0 Å². The standard InChI is InChI=1S/C20H32BClN2O3/c1-15-16(21-26-19(2,3)20(4,5)27-21)7-8-17(18(15)22)25-14-13-24-11-9-23(6)10-12-24/h7-8H,9-14H2,1-6H3. The van der Waals surface area contributed by atoms with Gasteiger partial charge >= 0.3 is 7.12 Å². The zero-order valence-electron chi connectivity index (χ0n) is 17.5. The molecule has 0 spiro atoms. The van der Waals surface area contributed by atoms with Gasteiger partial charge in [-0.15, -0.1) is 0 Å². The molecular formula is C20H32BClN2O3. The molecule has 0 saturated carbocycles. The fourth-order valence-electron chi connectivity index (χ4n) is 3.37. The Kier molecular flexibility index (Phi) is 6.14. The third-order valence-electron chi connectivity index (χ3n) is 6.16. The maximum Gasteiger partial charge on any atom is 0.495 e. The van der Waals surface area contributed by atoms with Crippen LogP contribution in [-0.4, -0.2) is 74.5 Å². The number of piperazine rings is 1.